The minimum Gasteiger partial charge on any atom is -0.493 e. The number of carbonyl (C=O) groups excluding carboxylic acids is 2. The summed E-state index contributed by atoms with van der Waals surface area (Å²) >= 11 is 0. The van der Waals surface area contributed by atoms with Gasteiger partial charge in [-0.25, -0.2) is 4.79 Å². The van der Waals surface area contributed by atoms with E-state index in [4.69, 9.17) is 61.6 Å². The standard InChI is InChI=1S/C70H104O32/c1-29-54(99-58-49(82)45(78)39(27-92-58)97-60-50(83)46(79)43(76)37(25-71)95-60)48(81)52(85)59(93-29)100-56-53(86)55(98-42(75)15-11-31-10-13-35(90-8)36(22-31)91-9)30(2)94-62(56)102-64(89)69-19-18-65(3,4)23-33(69)32-12-14-40-66(5)24-34(74)57(101-61-51(84)47(80)44(77)38(26-72)96-61)68(7,63(87)88)41(66)16-17-67(40,6)70(32,28-73)21-20-69/h10-13,15,22,29-30,33-34,37-41,43-62,71-74,76-86H,14,16-21,23-28H2,1-9H3,(H,87,88)/b15-11-/t29-,30+,33+,34+,37-,38-,39-,40-,41-,43+,44-,45+,46+,47+,48-,49-,50-,51-,52+,53-,54-,55-,56+,57+,58+,59-,60+,61+,62-,66-,67-,68+,69+,70+/m1/s1. The number of benzene rings is 1. The lowest BCUT2D eigenvalue weighted by Crippen LogP contribution is -2.71. The van der Waals surface area contributed by atoms with Gasteiger partial charge in [-0.1, -0.05) is 45.4 Å². The number of methoxy groups -OCH3 is 2. The minimum absolute atomic E-state index is 0.00308. The Hall–Kier alpha value is -4.25. The van der Waals surface area contributed by atoms with Crippen LogP contribution in [0.15, 0.2) is 35.9 Å². The van der Waals surface area contributed by atoms with E-state index in [0.29, 0.717) is 42.7 Å². The van der Waals surface area contributed by atoms with Crippen LogP contribution in [0.25, 0.3) is 6.08 Å². The van der Waals surface area contributed by atoms with Gasteiger partial charge in [-0.2, -0.15) is 0 Å². The lowest BCUT2D eigenvalue weighted by molar-refractivity contribution is -0.378. The van der Waals surface area contributed by atoms with E-state index in [0.717, 1.165) is 11.6 Å². The Kier molecular flexibility index (Phi) is 23.2. The third-order valence-electron chi connectivity index (χ3n) is 25.2. The second-order valence-electron chi connectivity index (χ2n) is 31.3. The third-order valence-corrected chi connectivity index (χ3v) is 25.2. The monoisotopic (exact) mass is 1460 g/mol. The van der Waals surface area contributed by atoms with Crippen LogP contribution in [0.3, 0.4) is 0 Å². The van der Waals surface area contributed by atoms with Crippen LogP contribution >= 0.6 is 0 Å². The number of carboxylic acid groups (broad SMARTS) is 1. The van der Waals surface area contributed by atoms with Crippen molar-refractivity contribution in [1.29, 1.82) is 0 Å². The second-order valence-corrected chi connectivity index (χ2v) is 31.3. The van der Waals surface area contributed by atoms with E-state index in [1.807, 2.05) is 6.92 Å². The fourth-order valence-electron chi connectivity index (χ4n) is 19.3. The van der Waals surface area contributed by atoms with Crippen molar-refractivity contribution in [2.24, 2.45) is 50.2 Å². The van der Waals surface area contributed by atoms with Crippen LogP contribution in [0.1, 0.15) is 112 Å². The van der Waals surface area contributed by atoms with Gasteiger partial charge in [-0.15, -0.1) is 0 Å². The van der Waals surface area contributed by atoms with Crippen molar-refractivity contribution in [2.75, 3.05) is 40.6 Å². The summed E-state index contributed by atoms with van der Waals surface area (Å²) in [6.45, 7) is 10.1. The SMILES string of the molecule is COc1ccc(/C=C\C(=O)O[C@H]2[C@@H](O)[C@H](O[C@H]3O[C@H](C)[C@@H](O[C@@H]4OC[C@@H](O[C@@H]5O[C@H](CO)[C@H](O)[C@H](O)[C@H]5O)[C@H](O)[C@H]4O)[C@H](O)[C@@H]3O)[C@@H](OC(=O)[C@]34CCC(C)(C)C[C@H]3C3=CC[C@@H]5[C@@]6(C)C[C@H](O)[C@H](O[C@@H]7O[C@H](CO)[C@@H](O)[C@H](O)[C@H]7O)[C@@](C)(C(=O)O)[C@@H]6CC[C@@]5(C)[C@]3(CO)CC4)O[C@H]2C)cc1OC. The Labute approximate surface area is 589 Å². The topological polar surface area (TPSA) is 495 Å². The molecular formula is C70H104O32. The zero-order valence-electron chi connectivity index (χ0n) is 58.6. The van der Waals surface area contributed by atoms with Crippen molar-refractivity contribution < 1.29 is 158 Å². The molecule has 16 N–H and O–H groups in total. The number of aliphatic carboxylic acids is 1. The Balaban J connectivity index is 0.850. The largest absolute Gasteiger partial charge is 0.493 e. The molecule has 1 aromatic carbocycles. The number of aliphatic hydroxyl groups is 15. The lowest BCUT2D eigenvalue weighted by atomic mass is 9.33. The van der Waals surface area contributed by atoms with E-state index >= 15 is 4.79 Å². The van der Waals surface area contributed by atoms with Gasteiger partial charge in [-0.3, -0.25) is 9.59 Å². The molecule has 9 fully saturated rings. The van der Waals surface area contributed by atoms with Crippen LogP contribution in [0, 0.1) is 50.2 Å². The van der Waals surface area contributed by atoms with Crippen LogP contribution < -0.4 is 9.47 Å². The predicted octanol–water partition coefficient (Wildman–Crippen LogP) is -2.23. The first-order valence-corrected chi connectivity index (χ1v) is 35.2. The summed E-state index contributed by atoms with van der Waals surface area (Å²) in [7, 11) is 2.90. The van der Waals surface area contributed by atoms with Gasteiger partial charge in [-0.05, 0) is 136 Å². The van der Waals surface area contributed by atoms with Gasteiger partial charge in [0.25, 0.3) is 0 Å². The number of rotatable bonds is 19. The molecular weight excluding hydrogens is 1350 g/mol. The highest BCUT2D eigenvalue weighted by Crippen LogP contribution is 2.76. The van der Waals surface area contributed by atoms with E-state index in [-0.39, 0.29) is 50.0 Å². The molecule has 0 bridgehead atoms. The molecule has 0 amide bonds. The molecule has 0 aromatic heterocycles. The highest BCUT2D eigenvalue weighted by Gasteiger charge is 2.74. The van der Waals surface area contributed by atoms with E-state index in [1.54, 1.807) is 18.2 Å². The highest BCUT2D eigenvalue weighted by atomic mass is 16.8. The number of aliphatic hydroxyl groups excluding tert-OH is 15. The maximum atomic E-state index is 15.9. The molecule has 5 aliphatic heterocycles. The number of hydrogen-bond acceptors (Lipinski definition) is 31. The van der Waals surface area contributed by atoms with E-state index in [1.165, 1.54) is 41.1 Å². The summed E-state index contributed by atoms with van der Waals surface area (Å²) in [4.78, 5) is 43.6. The molecule has 0 radical (unpaired) electrons. The van der Waals surface area contributed by atoms with Crippen molar-refractivity contribution in [1.82, 2.24) is 0 Å². The summed E-state index contributed by atoms with van der Waals surface area (Å²) in [5, 5.41) is 178. The van der Waals surface area contributed by atoms with Gasteiger partial charge >= 0.3 is 17.9 Å². The van der Waals surface area contributed by atoms with E-state index in [9.17, 15) is 91.3 Å². The highest BCUT2D eigenvalue weighted by molar-refractivity contribution is 5.87. The summed E-state index contributed by atoms with van der Waals surface area (Å²) in [5.74, 6) is -3.91. The van der Waals surface area contributed by atoms with Gasteiger partial charge in [0.1, 0.15) is 97.7 Å². The molecule has 5 heterocycles. The Morgan fingerprint density at radius 3 is 1.77 bits per heavy atom. The number of esters is 2. The summed E-state index contributed by atoms with van der Waals surface area (Å²) in [6.07, 6.45) is -37.1. The number of carboxylic acids is 1. The van der Waals surface area contributed by atoms with Crippen molar-refractivity contribution in [3.05, 3.63) is 41.5 Å². The van der Waals surface area contributed by atoms with Crippen molar-refractivity contribution in [3.8, 4) is 11.5 Å². The molecule has 0 unspecified atom stereocenters. The van der Waals surface area contributed by atoms with Crippen molar-refractivity contribution in [3.63, 3.8) is 0 Å². The summed E-state index contributed by atoms with van der Waals surface area (Å²) in [6, 6.07) is 4.88. The molecule has 11 rings (SSSR count). The average Bonchev–Trinajstić information content (AvgIpc) is 0.669. The fourth-order valence-corrected chi connectivity index (χ4v) is 19.3. The number of fused-ring (bicyclic) bond motifs is 7. The predicted molar refractivity (Wildman–Crippen MR) is 344 cm³/mol. The number of allylic oxidation sites excluding steroid dienone is 1. The zero-order chi connectivity index (χ0) is 74.4. The van der Waals surface area contributed by atoms with Crippen LogP contribution in [0.4, 0.5) is 0 Å². The molecule has 1 aromatic rings. The fraction of sp³-hybridized carbons (Fsp3) is 0.814. The maximum absolute atomic E-state index is 15.9. The summed E-state index contributed by atoms with van der Waals surface area (Å²) < 4.78 is 76.7. The van der Waals surface area contributed by atoms with Gasteiger partial charge in [0.2, 0.25) is 6.29 Å². The molecule has 0 spiro atoms. The quantitative estimate of drug-likeness (QED) is 0.0302. The first-order valence-electron chi connectivity index (χ1n) is 35.2. The number of carbonyl (C=O) groups is 3. The molecule has 5 aliphatic carbocycles. The van der Waals surface area contributed by atoms with Crippen molar-refractivity contribution >= 4 is 24.0 Å². The third kappa shape index (κ3) is 13.6. The van der Waals surface area contributed by atoms with E-state index < -0.39 is 236 Å². The smallest absolute Gasteiger partial charge is 0.331 e. The Bertz CT molecular complexity index is 3190. The summed E-state index contributed by atoms with van der Waals surface area (Å²) in [5.41, 5.74) is -5.03. The molecule has 32 heteroatoms. The lowest BCUT2D eigenvalue weighted by Gasteiger charge is -2.71. The van der Waals surface area contributed by atoms with Crippen LogP contribution in [-0.2, 0) is 66.5 Å². The molecule has 34 atom stereocenters. The van der Waals surface area contributed by atoms with E-state index in [2.05, 4.69) is 26.8 Å². The number of ether oxygens (including phenoxy) is 13. The first kappa shape index (κ1) is 78.8. The van der Waals surface area contributed by atoms with Crippen molar-refractivity contribution in [2.45, 2.75) is 266 Å². The minimum atomic E-state index is -2.08. The molecule has 576 valence electrons. The second kappa shape index (κ2) is 30.1. The molecule has 32 nitrogen and oxygen atoms in total. The van der Waals surface area contributed by atoms with Crippen LogP contribution in [-0.4, -0.2) is 300 Å². The van der Waals surface area contributed by atoms with Gasteiger partial charge in [0.15, 0.2) is 48.9 Å². The Morgan fingerprint density at radius 2 is 1.16 bits per heavy atom. The first-order chi connectivity index (χ1) is 48.0. The molecule has 4 saturated carbocycles. The van der Waals surface area contributed by atoms with Gasteiger partial charge in [0.05, 0.1) is 69.8 Å². The van der Waals surface area contributed by atoms with Gasteiger partial charge in [0, 0.05) is 11.5 Å². The zero-order valence-corrected chi connectivity index (χ0v) is 58.6. The van der Waals surface area contributed by atoms with Crippen LogP contribution in [0.2, 0.25) is 0 Å². The number of hydrogen-bond donors (Lipinski definition) is 16. The maximum Gasteiger partial charge on any atom is 0.331 e. The Morgan fingerprint density at radius 1 is 0.578 bits per heavy atom. The average molecular weight is 1460 g/mol. The molecule has 5 saturated heterocycles. The molecule has 102 heavy (non-hydrogen) atoms. The van der Waals surface area contributed by atoms with Gasteiger partial charge < -0.3 is 143 Å². The van der Waals surface area contributed by atoms with Crippen LogP contribution in [0.5, 0.6) is 11.5 Å². The molecule has 10 aliphatic rings. The normalized spacial score (nSPS) is 48.6.